The number of alkyl halides is 2. The van der Waals surface area contributed by atoms with Crippen LogP contribution >= 0.6 is 11.6 Å². The summed E-state index contributed by atoms with van der Waals surface area (Å²) >= 11 is 5.64. The predicted octanol–water partition coefficient (Wildman–Crippen LogP) is 1.68. The van der Waals surface area contributed by atoms with Crippen molar-refractivity contribution in [2.75, 3.05) is 7.11 Å². The Hall–Kier alpha value is -1.43. The molecule has 88 valence electrons. The highest BCUT2D eigenvalue weighted by atomic mass is 35.5. The third kappa shape index (κ3) is 2.57. The zero-order valence-electron chi connectivity index (χ0n) is 8.22. The number of nitrogens with one attached hydrogen (secondary N) is 1. The van der Waals surface area contributed by atoms with E-state index in [0.717, 1.165) is 13.3 Å². The minimum Gasteiger partial charge on any atom is -0.469 e. The van der Waals surface area contributed by atoms with E-state index in [0.29, 0.717) is 0 Å². The molecule has 0 amide bonds. The summed E-state index contributed by atoms with van der Waals surface area (Å²) in [7, 11) is 1.12. The molecule has 1 N–H and O–H groups in total. The number of halogens is 3. The van der Waals surface area contributed by atoms with Crippen molar-refractivity contribution < 1.29 is 18.3 Å². The van der Waals surface area contributed by atoms with Gasteiger partial charge in [-0.3, -0.25) is 9.59 Å². The fraction of sp³-hybridized carbons (Fsp3) is 0.333. The Morgan fingerprint density at radius 1 is 1.62 bits per heavy atom. The Kier molecular flexibility index (Phi) is 4.00. The SMILES string of the molecule is COC(=O)Cc1c(Cl)c[nH]c(=O)c1C(F)F. The standard InChI is InChI=1S/C9H8ClF2NO3/c1-16-6(14)2-4-5(10)3-13-9(15)7(4)8(11)12/h3,8H,2H2,1H3,(H,13,15). The van der Waals surface area contributed by atoms with E-state index in [2.05, 4.69) is 9.72 Å². The Morgan fingerprint density at radius 3 is 2.75 bits per heavy atom. The molecule has 0 unspecified atom stereocenters. The Balaban J connectivity index is 3.29. The number of H-pyrrole nitrogens is 1. The van der Waals surface area contributed by atoms with Crippen LogP contribution in [0.4, 0.5) is 8.78 Å². The fourth-order valence-electron chi connectivity index (χ4n) is 1.19. The molecule has 0 atom stereocenters. The average Bonchev–Trinajstić information content (AvgIpc) is 2.22. The van der Waals surface area contributed by atoms with E-state index in [-0.39, 0.29) is 10.6 Å². The van der Waals surface area contributed by atoms with E-state index in [4.69, 9.17) is 11.6 Å². The van der Waals surface area contributed by atoms with Gasteiger partial charge in [-0.05, 0) is 5.56 Å². The number of aromatic nitrogens is 1. The summed E-state index contributed by atoms with van der Waals surface area (Å²) in [5, 5.41) is -0.0969. The number of rotatable bonds is 3. The first-order valence-corrected chi connectivity index (χ1v) is 4.60. The van der Waals surface area contributed by atoms with Gasteiger partial charge in [0.05, 0.1) is 24.1 Å². The molecule has 1 aromatic rings. The zero-order valence-corrected chi connectivity index (χ0v) is 8.98. The maximum Gasteiger partial charge on any atom is 0.310 e. The van der Waals surface area contributed by atoms with Crippen molar-refractivity contribution in [3.05, 3.63) is 32.7 Å². The van der Waals surface area contributed by atoms with Crippen molar-refractivity contribution in [1.82, 2.24) is 4.98 Å². The summed E-state index contributed by atoms with van der Waals surface area (Å²) in [6.07, 6.45) is -2.39. The molecule has 0 aromatic carbocycles. The van der Waals surface area contributed by atoms with Crippen LogP contribution in [0.5, 0.6) is 0 Å². The highest BCUT2D eigenvalue weighted by Gasteiger charge is 2.22. The molecule has 16 heavy (non-hydrogen) atoms. The zero-order chi connectivity index (χ0) is 12.3. The van der Waals surface area contributed by atoms with Crippen molar-refractivity contribution in [2.24, 2.45) is 0 Å². The lowest BCUT2D eigenvalue weighted by Gasteiger charge is -2.08. The first-order chi connectivity index (χ1) is 7.47. The van der Waals surface area contributed by atoms with Crippen molar-refractivity contribution in [2.45, 2.75) is 12.8 Å². The molecule has 4 nitrogen and oxygen atoms in total. The quantitative estimate of drug-likeness (QED) is 0.832. The van der Waals surface area contributed by atoms with Gasteiger partial charge in [-0.15, -0.1) is 0 Å². The van der Waals surface area contributed by atoms with Crippen LogP contribution in [0.2, 0.25) is 5.02 Å². The summed E-state index contributed by atoms with van der Waals surface area (Å²) in [6, 6.07) is 0. The number of hydrogen-bond acceptors (Lipinski definition) is 3. The molecule has 0 aliphatic rings. The van der Waals surface area contributed by atoms with Crippen LogP contribution in [0.15, 0.2) is 11.0 Å². The van der Waals surface area contributed by atoms with Gasteiger partial charge in [-0.2, -0.15) is 0 Å². The molecule has 0 bridgehead atoms. The minimum atomic E-state index is -3.00. The summed E-state index contributed by atoms with van der Waals surface area (Å²) in [4.78, 5) is 24.2. The maximum atomic E-state index is 12.6. The second-order valence-electron chi connectivity index (χ2n) is 2.91. The van der Waals surface area contributed by atoms with Crippen LogP contribution in [-0.2, 0) is 16.0 Å². The molecule has 0 saturated carbocycles. The molecule has 0 saturated heterocycles. The maximum absolute atomic E-state index is 12.6. The molecule has 7 heteroatoms. The van der Waals surface area contributed by atoms with Gasteiger partial charge < -0.3 is 9.72 Å². The largest absolute Gasteiger partial charge is 0.469 e. The lowest BCUT2D eigenvalue weighted by Crippen LogP contribution is -2.18. The summed E-state index contributed by atoms with van der Waals surface area (Å²) in [5.74, 6) is -0.741. The Bertz CT molecular complexity index is 459. The molecule has 1 rings (SSSR count). The average molecular weight is 252 g/mol. The predicted molar refractivity (Wildman–Crippen MR) is 52.7 cm³/mol. The van der Waals surface area contributed by atoms with E-state index in [1.807, 2.05) is 0 Å². The number of ether oxygens (including phenoxy) is 1. The van der Waals surface area contributed by atoms with E-state index in [9.17, 15) is 18.4 Å². The van der Waals surface area contributed by atoms with Gasteiger partial charge >= 0.3 is 5.97 Å². The second-order valence-corrected chi connectivity index (χ2v) is 3.32. The number of aromatic amines is 1. The van der Waals surface area contributed by atoms with Gasteiger partial charge in [0.25, 0.3) is 12.0 Å². The van der Waals surface area contributed by atoms with Gasteiger partial charge in [0, 0.05) is 6.20 Å². The number of esters is 1. The normalized spacial score (nSPS) is 10.6. The van der Waals surface area contributed by atoms with Crippen LogP contribution in [0.25, 0.3) is 0 Å². The van der Waals surface area contributed by atoms with Gasteiger partial charge in [0.1, 0.15) is 0 Å². The molecule has 0 aliphatic carbocycles. The third-order valence-electron chi connectivity index (χ3n) is 1.96. The van der Waals surface area contributed by atoms with E-state index in [1.165, 1.54) is 0 Å². The van der Waals surface area contributed by atoms with Crippen LogP contribution in [0.1, 0.15) is 17.6 Å². The van der Waals surface area contributed by atoms with Crippen LogP contribution in [-0.4, -0.2) is 18.1 Å². The fourth-order valence-corrected chi connectivity index (χ4v) is 1.41. The molecule has 1 heterocycles. The molecule has 0 spiro atoms. The highest BCUT2D eigenvalue weighted by Crippen LogP contribution is 2.25. The highest BCUT2D eigenvalue weighted by molar-refractivity contribution is 6.31. The Labute approximate surface area is 94.2 Å². The van der Waals surface area contributed by atoms with Crippen molar-refractivity contribution in [1.29, 1.82) is 0 Å². The minimum absolute atomic E-state index is 0.0969. The topological polar surface area (TPSA) is 59.2 Å². The summed E-state index contributed by atoms with van der Waals surface area (Å²) in [5.41, 5.74) is -1.96. The molecular weight excluding hydrogens is 244 g/mol. The number of methoxy groups -OCH3 is 1. The molecule has 0 aliphatic heterocycles. The molecule has 0 fully saturated rings. The van der Waals surface area contributed by atoms with Crippen molar-refractivity contribution >= 4 is 17.6 Å². The molecule has 0 radical (unpaired) electrons. The lowest BCUT2D eigenvalue weighted by atomic mass is 10.1. The second kappa shape index (κ2) is 5.07. The summed E-state index contributed by atoms with van der Waals surface area (Å²) in [6.45, 7) is 0. The lowest BCUT2D eigenvalue weighted by molar-refractivity contribution is -0.139. The van der Waals surface area contributed by atoms with Crippen molar-refractivity contribution in [3.8, 4) is 0 Å². The Morgan fingerprint density at radius 2 is 2.25 bits per heavy atom. The first-order valence-electron chi connectivity index (χ1n) is 4.22. The summed E-state index contributed by atoms with van der Waals surface area (Å²) < 4.78 is 29.5. The number of pyridine rings is 1. The first kappa shape index (κ1) is 12.6. The molecular formula is C9H8ClF2NO3. The van der Waals surface area contributed by atoms with E-state index < -0.39 is 29.9 Å². The number of carbonyl (C=O) groups is 1. The van der Waals surface area contributed by atoms with Gasteiger partial charge in [0.15, 0.2) is 0 Å². The molecule has 1 aromatic heterocycles. The van der Waals surface area contributed by atoms with E-state index >= 15 is 0 Å². The van der Waals surface area contributed by atoms with Gasteiger partial charge in [-0.1, -0.05) is 11.6 Å². The van der Waals surface area contributed by atoms with E-state index in [1.54, 1.807) is 0 Å². The smallest absolute Gasteiger partial charge is 0.310 e. The van der Waals surface area contributed by atoms with Gasteiger partial charge in [-0.25, -0.2) is 8.78 Å². The monoisotopic (exact) mass is 251 g/mol. The van der Waals surface area contributed by atoms with Crippen LogP contribution < -0.4 is 5.56 Å². The van der Waals surface area contributed by atoms with Gasteiger partial charge in [0.2, 0.25) is 0 Å². The third-order valence-corrected chi connectivity index (χ3v) is 2.29. The van der Waals surface area contributed by atoms with Crippen molar-refractivity contribution in [3.63, 3.8) is 0 Å². The number of carbonyl (C=O) groups excluding carboxylic acids is 1. The van der Waals surface area contributed by atoms with Crippen LogP contribution in [0.3, 0.4) is 0 Å². The number of hydrogen-bond donors (Lipinski definition) is 1. The van der Waals surface area contributed by atoms with Crippen LogP contribution in [0, 0.1) is 0 Å².